The maximum atomic E-state index is 9.29. The van der Waals surface area contributed by atoms with E-state index in [1.807, 2.05) is 0 Å². The Kier molecular flexibility index (Phi) is 3.23. The maximum absolute atomic E-state index is 9.29. The van der Waals surface area contributed by atoms with Crippen LogP contribution in [0.1, 0.15) is 5.56 Å². The Bertz CT molecular complexity index is 263. The van der Waals surface area contributed by atoms with Crippen LogP contribution in [0.25, 0.3) is 0 Å². The van der Waals surface area contributed by atoms with Crippen LogP contribution in [0.4, 0.5) is 0 Å². The minimum Gasteiger partial charge on any atom is -0.504 e. The summed E-state index contributed by atoms with van der Waals surface area (Å²) in [6.45, 7) is 0. The number of halogens is 2. The third-order valence-electron chi connectivity index (χ3n) is 1.49. The fourth-order valence-electron chi connectivity index (χ4n) is 0.851. The molecule has 4 heteroatoms. The Hall–Kier alpha value is -0.410. The molecule has 0 bridgehead atoms. The highest BCUT2D eigenvalue weighted by molar-refractivity contribution is 9.08. The molecule has 0 aliphatic carbocycles. The number of benzene rings is 1. The van der Waals surface area contributed by atoms with E-state index in [0.29, 0.717) is 16.1 Å². The van der Waals surface area contributed by atoms with Crippen LogP contribution in [-0.4, -0.2) is 12.2 Å². The van der Waals surface area contributed by atoms with Crippen molar-refractivity contribution in [2.24, 2.45) is 0 Å². The van der Waals surface area contributed by atoms with Gasteiger partial charge in [-0.15, -0.1) is 0 Å². The van der Waals surface area contributed by atoms with Gasteiger partial charge in [0, 0.05) is 16.4 Å². The number of rotatable bonds is 2. The molecule has 0 saturated carbocycles. The van der Waals surface area contributed by atoms with Gasteiger partial charge >= 0.3 is 0 Å². The number of phenolic OH excluding ortho intramolecular Hbond substituents is 1. The SMILES string of the molecule is COc1cc(CBr)c(Cl)cc1O. The zero-order valence-electron chi connectivity index (χ0n) is 6.47. The van der Waals surface area contributed by atoms with E-state index >= 15 is 0 Å². The monoisotopic (exact) mass is 250 g/mol. The summed E-state index contributed by atoms with van der Waals surface area (Å²) in [6.07, 6.45) is 0. The molecule has 0 spiro atoms. The molecule has 12 heavy (non-hydrogen) atoms. The van der Waals surface area contributed by atoms with Gasteiger partial charge in [0.25, 0.3) is 0 Å². The molecule has 0 aliphatic rings. The van der Waals surface area contributed by atoms with E-state index in [-0.39, 0.29) is 5.75 Å². The van der Waals surface area contributed by atoms with Crippen molar-refractivity contribution in [2.45, 2.75) is 5.33 Å². The lowest BCUT2D eigenvalue weighted by molar-refractivity contribution is 0.373. The number of aromatic hydroxyl groups is 1. The molecule has 0 amide bonds. The molecule has 2 nitrogen and oxygen atoms in total. The molecule has 1 aromatic rings. The van der Waals surface area contributed by atoms with Gasteiger partial charge in [0.1, 0.15) is 0 Å². The Labute approximate surface area is 84.2 Å². The van der Waals surface area contributed by atoms with Gasteiger partial charge in [-0.2, -0.15) is 0 Å². The maximum Gasteiger partial charge on any atom is 0.160 e. The van der Waals surface area contributed by atoms with Crippen LogP contribution >= 0.6 is 27.5 Å². The fraction of sp³-hybridized carbons (Fsp3) is 0.250. The van der Waals surface area contributed by atoms with Crippen LogP contribution in [0.3, 0.4) is 0 Å². The normalized spacial score (nSPS) is 9.92. The summed E-state index contributed by atoms with van der Waals surface area (Å²) >= 11 is 9.09. The van der Waals surface area contributed by atoms with E-state index in [4.69, 9.17) is 16.3 Å². The number of alkyl halides is 1. The summed E-state index contributed by atoms with van der Waals surface area (Å²) < 4.78 is 4.91. The third-order valence-corrected chi connectivity index (χ3v) is 2.45. The van der Waals surface area contributed by atoms with Crippen LogP contribution < -0.4 is 4.74 Å². The van der Waals surface area contributed by atoms with Crippen molar-refractivity contribution in [2.75, 3.05) is 7.11 Å². The van der Waals surface area contributed by atoms with E-state index in [2.05, 4.69) is 15.9 Å². The first-order valence-electron chi connectivity index (χ1n) is 3.30. The standard InChI is InChI=1S/C8H8BrClO2/c1-12-8-2-5(4-9)6(10)3-7(8)11/h2-3,11H,4H2,1H3. The second kappa shape index (κ2) is 4.01. The third kappa shape index (κ3) is 1.84. The van der Waals surface area contributed by atoms with Crippen LogP contribution in [0.5, 0.6) is 11.5 Å². The predicted molar refractivity (Wildman–Crippen MR) is 52.3 cm³/mol. The lowest BCUT2D eigenvalue weighted by Crippen LogP contribution is -1.87. The van der Waals surface area contributed by atoms with Gasteiger partial charge in [-0.1, -0.05) is 27.5 Å². The molecule has 1 aromatic carbocycles. The molecule has 0 saturated heterocycles. The summed E-state index contributed by atoms with van der Waals surface area (Å²) in [4.78, 5) is 0. The molecule has 1 rings (SSSR count). The van der Waals surface area contributed by atoms with Crippen molar-refractivity contribution in [3.8, 4) is 11.5 Å². The van der Waals surface area contributed by atoms with E-state index in [0.717, 1.165) is 5.56 Å². The Morgan fingerprint density at radius 2 is 2.25 bits per heavy atom. The topological polar surface area (TPSA) is 29.5 Å². The van der Waals surface area contributed by atoms with Crippen LogP contribution in [-0.2, 0) is 5.33 Å². The second-order valence-electron chi connectivity index (χ2n) is 2.25. The average Bonchev–Trinajstić information content (AvgIpc) is 2.05. The van der Waals surface area contributed by atoms with E-state index in [1.165, 1.54) is 13.2 Å². The van der Waals surface area contributed by atoms with Gasteiger partial charge in [0.2, 0.25) is 0 Å². The largest absolute Gasteiger partial charge is 0.504 e. The lowest BCUT2D eigenvalue weighted by atomic mass is 10.2. The fourth-order valence-corrected chi connectivity index (χ4v) is 1.70. The second-order valence-corrected chi connectivity index (χ2v) is 3.22. The van der Waals surface area contributed by atoms with E-state index in [9.17, 15) is 5.11 Å². The molecular formula is C8H8BrClO2. The molecule has 0 atom stereocenters. The van der Waals surface area contributed by atoms with Crippen molar-refractivity contribution >= 4 is 27.5 Å². The number of phenols is 1. The van der Waals surface area contributed by atoms with Gasteiger partial charge in [0.15, 0.2) is 11.5 Å². The van der Waals surface area contributed by atoms with Gasteiger partial charge in [-0.05, 0) is 11.6 Å². The lowest BCUT2D eigenvalue weighted by Gasteiger charge is -2.06. The van der Waals surface area contributed by atoms with Crippen LogP contribution in [0, 0.1) is 0 Å². The molecule has 0 heterocycles. The van der Waals surface area contributed by atoms with E-state index in [1.54, 1.807) is 6.07 Å². The predicted octanol–water partition coefficient (Wildman–Crippen LogP) is 2.95. The molecular weight excluding hydrogens is 243 g/mol. The first-order valence-corrected chi connectivity index (χ1v) is 4.80. The average molecular weight is 252 g/mol. The number of ether oxygens (including phenoxy) is 1. The minimum absolute atomic E-state index is 0.0622. The van der Waals surface area contributed by atoms with Crippen molar-refractivity contribution in [1.29, 1.82) is 0 Å². The first kappa shape index (κ1) is 9.68. The summed E-state index contributed by atoms with van der Waals surface area (Å²) in [6, 6.07) is 3.17. The number of hydrogen-bond donors (Lipinski definition) is 1. The van der Waals surface area contributed by atoms with Crippen LogP contribution in [0.15, 0.2) is 12.1 Å². The van der Waals surface area contributed by atoms with Gasteiger partial charge in [-0.3, -0.25) is 0 Å². The molecule has 0 fully saturated rings. The van der Waals surface area contributed by atoms with Gasteiger partial charge < -0.3 is 9.84 Å². The zero-order valence-corrected chi connectivity index (χ0v) is 8.82. The summed E-state index contributed by atoms with van der Waals surface area (Å²) in [5.41, 5.74) is 0.895. The Balaban J connectivity index is 3.18. The molecule has 0 aliphatic heterocycles. The van der Waals surface area contributed by atoms with Crippen molar-refractivity contribution in [1.82, 2.24) is 0 Å². The first-order chi connectivity index (χ1) is 5.69. The highest BCUT2D eigenvalue weighted by atomic mass is 79.9. The minimum atomic E-state index is 0.0622. The van der Waals surface area contributed by atoms with Crippen LogP contribution in [0.2, 0.25) is 5.02 Å². The van der Waals surface area contributed by atoms with E-state index < -0.39 is 0 Å². The highest BCUT2D eigenvalue weighted by Gasteiger charge is 2.06. The smallest absolute Gasteiger partial charge is 0.160 e. The van der Waals surface area contributed by atoms with Crippen molar-refractivity contribution < 1.29 is 9.84 Å². The molecule has 1 N–H and O–H groups in total. The Morgan fingerprint density at radius 1 is 1.58 bits per heavy atom. The summed E-state index contributed by atoms with van der Waals surface area (Å²) in [7, 11) is 1.50. The zero-order chi connectivity index (χ0) is 9.14. The van der Waals surface area contributed by atoms with Crippen molar-refractivity contribution in [3.05, 3.63) is 22.7 Å². The molecule has 0 aromatic heterocycles. The summed E-state index contributed by atoms with van der Waals surface area (Å²) in [5, 5.41) is 10.5. The highest BCUT2D eigenvalue weighted by Crippen LogP contribution is 2.32. The quantitative estimate of drug-likeness (QED) is 0.819. The summed E-state index contributed by atoms with van der Waals surface area (Å²) in [5.74, 6) is 0.501. The number of hydrogen-bond acceptors (Lipinski definition) is 2. The molecule has 66 valence electrons. The molecule has 0 unspecified atom stereocenters. The van der Waals surface area contributed by atoms with Gasteiger partial charge in [-0.25, -0.2) is 0 Å². The Morgan fingerprint density at radius 3 is 2.75 bits per heavy atom. The van der Waals surface area contributed by atoms with Gasteiger partial charge in [0.05, 0.1) is 7.11 Å². The molecule has 0 radical (unpaired) electrons. The van der Waals surface area contributed by atoms with Crippen molar-refractivity contribution in [3.63, 3.8) is 0 Å². The number of methoxy groups -OCH3 is 1.